The van der Waals surface area contributed by atoms with Gasteiger partial charge in [-0.15, -0.1) is 0 Å². The lowest BCUT2D eigenvalue weighted by Gasteiger charge is -2.21. The Labute approximate surface area is 118 Å². The zero-order valence-corrected chi connectivity index (χ0v) is 11.4. The van der Waals surface area contributed by atoms with E-state index in [1.807, 2.05) is 60.3 Å². The molecule has 4 heteroatoms. The Kier molecular flexibility index (Phi) is 3.39. The molecule has 0 bridgehead atoms. The van der Waals surface area contributed by atoms with Crippen molar-refractivity contribution in [1.82, 2.24) is 9.88 Å². The van der Waals surface area contributed by atoms with Crippen LogP contribution in [-0.2, 0) is 4.79 Å². The van der Waals surface area contributed by atoms with Crippen LogP contribution >= 0.6 is 0 Å². The highest BCUT2D eigenvalue weighted by atomic mass is 16.1. The highest BCUT2D eigenvalue weighted by Gasteiger charge is 2.16. The minimum Gasteiger partial charge on any atom is -0.324 e. The Bertz CT molecular complexity index is 650. The van der Waals surface area contributed by atoms with Crippen molar-refractivity contribution in [1.29, 1.82) is 0 Å². The molecular formula is C16H17N3O. The zero-order chi connectivity index (χ0) is 13.9. The molecule has 2 N–H and O–H groups in total. The average molecular weight is 267 g/mol. The molecule has 4 nitrogen and oxygen atoms in total. The van der Waals surface area contributed by atoms with Gasteiger partial charge in [0.2, 0.25) is 0 Å². The van der Waals surface area contributed by atoms with Gasteiger partial charge in [-0.2, -0.15) is 0 Å². The van der Waals surface area contributed by atoms with Gasteiger partial charge in [0.05, 0.1) is 0 Å². The van der Waals surface area contributed by atoms with Crippen LogP contribution in [0.2, 0.25) is 0 Å². The first-order valence-corrected chi connectivity index (χ1v) is 6.68. The van der Waals surface area contributed by atoms with Crippen LogP contribution in [0.5, 0.6) is 0 Å². The van der Waals surface area contributed by atoms with Crippen molar-refractivity contribution in [3.63, 3.8) is 0 Å². The third kappa shape index (κ3) is 2.51. The normalized spacial score (nSPS) is 13.8. The molecule has 1 saturated heterocycles. The third-order valence-corrected chi connectivity index (χ3v) is 3.55. The molecule has 1 fully saturated rings. The molecule has 1 amide bonds. The number of amides is 1. The van der Waals surface area contributed by atoms with Crippen LogP contribution in [0.3, 0.4) is 0 Å². The zero-order valence-electron chi connectivity index (χ0n) is 11.4. The molecule has 2 heterocycles. The Hall–Kier alpha value is -2.33. The molecule has 20 heavy (non-hydrogen) atoms. The average Bonchev–Trinajstić information content (AvgIpc) is 2.90. The van der Waals surface area contributed by atoms with Crippen molar-refractivity contribution in [2.75, 3.05) is 18.4 Å². The molecule has 2 aromatic rings. The largest absolute Gasteiger partial charge is 0.324 e. The topological polar surface area (TPSA) is 46.1 Å². The second-order valence-electron chi connectivity index (χ2n) is 4.93. The van der Waals surface area contributed by atoms with Crippen molar-refractivity contribution >= 4 is 11.6 Å². The summed E-state index contributed by atoms with van der Waals surface area (Å²) in [5, 5.41) is 6.10. The van der Waals surface area contributed by atoms with Crippen LogP contribution < -0.4 is 10.6 Å². The lowest BCUT2D eigenvalue weighted by atomic mass is 10.0. The number of hydrogen-bond donors (Lipinski definition) is 2. The fourth-order valence-corrected chi connectivity index (χ4v) is 2.15. The van der Waals surface area contributed by atoms with Crippen LogP contribution in [0.1, 0.15) is 6.92 Å². The van der Waals surface area contributed by atoms with Crippen LogP contribution in [0.25, 0.3) is 5.69 Å². The van der Waals surface area contributed by atoms with Crippen molar-refractivity contribution < 1.29 is 4.79 Å². The van der Waals surface area contributed by atoms with Gasteiger partial charge in [0, 0.05) is 42.4 Å². The van der Waals surface area contributed by atoms with Crippen molar-refractivity contribution in [3.05, 3.63) is 59.9 Å². The molecule has 1 aliphatic rings. The molecule has 3 rings (SSSR count). The summed E-state index contributed by atoms with van der Waals surface area (Å²) in [6.07, 6.45) is 3.96. The summed E-state index contributed by atoms with van der Waals surface area (Å²) in [7, 11) is 0. The lowest BCUT2D eigenvalue weighted by Crippen LogP contribution is -2.36. The standard InChI is InChI=1S/C16H17N3O/c1-12(13-10-17-11-13)16(20)18-14-5-4-6-15(9-14)19-7-2-3-8-19/h2-9,17H,10-11H2,1H3,(H,18,20). The van der Waals surface area contributed by atoms with Crippen LogP contribution in [0.4, 0.5) is 5.69 Å². The molecule has 0 spiro atoms. The van der Waals surface area contributed by atoms with E-state index < -0.39 is 0 Å². The fourth-order valence-electron chi connectivity index (χ4n) is 2.15. The second kappa shape index (κ2) is 5.35. The van der Waals surface area contributed by atoms with Gasteiger partial charge in [0.1, 0.15) is 0 Å². The Morgan fingerprint density at radius 2 is 1.95 bits per heavy atom. The smallest absolute Gasteiger partial charge is 0.251 e. The molecule has 1 aliphatic heterocycles. The van der Waals surface area contributed by atoms with Gasteiger partial charge in [0.15, 0.2) is 0 Å². The van der Waals surface area contributed by atoms with E-state index in [-0.39, 0.29) is 5.91 Å². The van der Waals surface area contributed by atoms with E-state index in [0.29, 0.717) is 0 Å². The summed E-state index contributed by atoms with van der Waals surface area (Å²) in [6, 6.07) is 11.8. The number of anilines is 1. The number of hydrogen-bond acceptors (Lipinski definition) is 2. The van der Waals surface area contributed by atoms with Crippen molar-refractivity contribution in [3.8, 4) is 5.69 Å². The van der Waals surface area contributed by atoms with Gasteiger partial charge in [-0.05, 0) is 42.8 Å². The van der Waals surface area contributed by atoms with E-state index in [1.54, 1.807) is 0 Å². The van der Waals surface area contributed by atoms with Crippen molar-refractivity contribution in [2.45, 2.75) is 6.92 Å². The van der Waals surface area contributed by atoms with Crippen LogP contribution in [0.15, 0.2) is 59.9 Å². The number of aromatic nitrogens is 1. The number of nitrogens with zero attached hydrogens (tertiary/aromatic N) is 1. The van der Waals surface area contributed by atoms with E-state index in [2.05, 4.69) is 10.6 Å². The van der Waals surface area contributed by atoms with Crippen molar-refractivity contribution in [2.24, 2.45) is 0 Å². The summed E-state index contributed by atoms with van der Waals surface area (Å²) in [6.45, 7) is 3.52. The molecule has 0 saturated carbocycles. The number of nitrogens with one attached hydrogen (secondary N) is 2. The Morgan fingerprint density at radius 3 is 2.60 bits per heavy atom. The molecule has 1 aromatic carbocycles. The van der Waals surface area contributed by atoms with Gasteiger partial charge in [-0.3, -0.25) is 4.79 Å². The summed E-state index contributed by atoms with van der Waals surface area (Å²) >= 11 is 0. The highest BCUT2D eigenvalue weighted by molar-refractivity contribution is 6.04. The Morgan fingerprint density at radius 1 is 1.20 bits per heavy atom. The molecule has 102 valence electrons. The summed E-state index contributed by atoms with van der Waals surface area (Å²) in [5.41, 5.74) is 3.84. The predicted molar refractivity (Wildman–Crippen MR) is 80.0 cm³/mol. The third-order valence-electron chi connectivity index (χ3n) is 3.55. The number of carbonyl (C=O) groups is 1. The summed E-state index contributed by atoms with van der Waals surface area (Å²) in [4.78, 5) is 12.1. The quantitative estimate of drug-likeness (QED) is 0.838. The minimum absolute atomic E-state index is 0.0221. The maximum atomic E-state index is 12.1. The first-order chi connectivity index (χ1) is 9.74. The lowest BCUT2D eigenvalue weighted by molar-refractivity contribution is -0.112. The minimum atomic E-state index is -0.0221. The molecule has 0 aliphatic carbocycles. The van der Waals surface area contributed by atoms with E-state index in [0.717, 1.165) is 30.0 Å². The fraction of sp³-hybridized carbons (Fsp3) is 0.188. The molecule has 0 atom stereocenters. The van der Waals surface area contributed by atoms with Gasteiger partial charge in [-0.1, -0.05) is 6.07 Å². The SMILES string of the molecule is CC(C(=O)Nc1cccc(-n2cccc2)c1)=C1CNC1. The number of carbonyl (C=O) groups excluding carboxylic acids is 1. The summed E-state index contributed by atoms with van der Waals surface area (Å²) < 4.78 is 2.01. The van der Waals surface area contributed by atoms with Gasteiger partial charge < -0.3 is 15.2 Å². The second-order valence-corrected chi connectivity index (χ2v) is 4.93. The van der Waals surface area contributed by atoms with Crippen LogP contribution in [-0.4, -0.2) is 23.6 Å². The first kappa shape index (κ1) is 12.7. The van der Waals surface area contributed by atoms with E-state index in [9.17, 15) is 4.79 Å². The van der Waals surface area contributed by atoms with E-state index >= 15 is 0 Å². The van der Waals surface area contributed by atoms with Gasteiger partial charge in [-0.25, -0.2) is 0 Å². The van der Waals surface area contributed by atoms with Gasteiger partial charge in [0.25, 0.3) is 5.91 Å². The van der Waals surface area contributed by atoms with Crippen LogP contribution in [0, 0.1) is 0 Å². The molecular weight excluding hydrogens is 250 g/mol. The van der Waals surface area contributed by atoms with Gasteiger partial charge >= 0.3 is 0 Å². The first-order valence-electron chi connectivity index (χ1n) is 6.68. The molecule has 1 aromatic heterocycles. The highest BCUT2D eigenvalue weighted by Crippen LogP contribution is 2.17. The maximum absolute atomic E-state index is 12.1. The monoisotopic (exact) mass is 267 g/mol. The van der Waals surface area contributed by atoms with E-state index in [4.69, 9.17) is 0 Å². The summed E-state index contributed by atoms with van der Waals surface area (Å²) in [5.74, 6) is -0.0221. The number of rotatable bonds is 3. The van der Waals surface area contributed by atoms with E-state index in [1.165, 1.54) is 5.57 Å². The number of benzene rings is 1. The maximum Gasteiger partial charge on any atom is 0.251 e. The molecule has 0 unspecified atom stereocenters. The molecule has 0 radical (unpaired) electrons. The Balaban J connectivity index is 1.78. The predicted octanol–water partition coefficient (Wildman–Crippen LogP) is 2.34.